The maximum Gasteiger partial charge on any atom is 0.338 e. The van der Waals surface area contributed by atoms with Crippen LogP contribution < -0.4 is 16.4 Å². The standard InChI is InChI=1S/C29H29N3O5/c1-4-36-27(34)19-11-16-22-23(17-19)32-26(33)24(22)25(18-9-7-6-8-10-18)31-21-14-12-20(13-15-21)29(3,30)28(35)37-5-2/h6-17,31H,4-5,30H2,1-3H3,(H,32,33)/b25-24-. The lowest BCUT2D eigenvalue weighted by atomic mass is 9.93. The van der Waals surface area contributed by atoms with Crippen molar-refractivity contribution in [3.63, 3.8) is 0 Å². The zero-order chi connectivity index (χ0) is 26.6. The molecule has 8 nitrogen and oxygen atoms in total. The normalized spacial score (nSPS) is 15.2. The zero-order valence-corrected chi connectivity index (χ0v) is 21.0. The molecule has 0 bridgehead atoms. The highest BCUT2D eigenvalue weighted by Gasteiger charge is 2.32. The summed E-state index contributed by atoms with van der Waals surface area (Å²) in [4.78, 5) is 37.7. The minimum Gasteiger partial charge on any atom is -0.464 e. The summed E-state index contributed by atoms with van der Waals surface area (Å²) in [5.74, 6) is -1.26. The van der Waals surface area contributed by atoms with Gasteiger partial charge in [0.25, 0.3) is 5.91 Å². The van der Waals surface area contributed by atoms with Crippen LogP contribution in [0.3, 0.4) is 0 Å². The van der Waals surface area contributed by atoms with E-state index in [1.165, 1.54) is 0 Å². The topological polar surface area (TPSA) is 120 Å². The first-order valence-electron chi connectivity index (χ1n) is 12.0. The van der Waals surface area contributed by atoms with Crippen LogP contribution in [0.25, 0.3) is 11.3 Å². The molecule has 1 heterocycles. The number of carbonyl (C=O) groups excluding carboxylic acids is 3. The van der Waals surface area contributed by atoms with Crippen molar-refractivity contribution in [2.75, 3.05) is 23.8 Å². The largest absolute Gasteiger partial charge is 0.464 e. The van der Waals surface area contributed by atoms with E-state index in [0.29, 0.717) is 39.3 Å². The summed E-state index contributed by atoms with van der Waals surface area (Å²) in [6.45, 7) is 5.58. The highest BCUT2D eigenvalue weighted by atomic mass is 16.5. The summed E-state index contributed by atoms with van der Waals surface area (Å²) in [5.41, 5.74) is 9.63. The van der Waals surface area contributed by atoms with Gasteiger partial charge in [-0.05, 0) is 56.2 Å². The van der Waals surface area contributed by atoms with Gasteiger partial charge < -0.3 is 25.8 Å². The van der Waals surface area contributed by atoms with Crippen molar-refractivity contribution < 1.29 is 23.9 Å². The first-order chi connectivity index (χ1) is 17.8. The number of rotatable bonds is 8. The monoisotopic (exact) mass is 499 g/mol. The molecule has 0 saturated heterocycles. The summed E-state index contributed by atoms with van der Waals surface area (Å²) in [7, 11) is 0. The second-order valence-corrected chi connectivity index (χ2v) is 8.68. The quantitative estimate of drug-likeness (QED) is 0.308. The van der Waals surface area contributed by atoms with Gasteiger partial charge in [0, 0.05) is 11.3 Å². The average Bonchev–Trinajstić information content (AvgIpc) is 3.23. The molecule has 3 aromatic carbocycles. The van der Waals surface area contributed by atoms with Gasteiger partial charge in [-0.25, -0.2) is 9.59 Å². The molecule has 0 fully saturated rings. The number of esters is 2. The first-order valence-corrected chi connectivity index (χ1v) is 12.0. The number of nitrogens with one attached hydrogen (secondary N) is 2. The Morgan fingerprint density at radius 3 is 2.24 bits per heavy atom. The van der Waals surface area contributed by atoms with E-state index >= 15 is 0 Å². The number of hydrogen-bond acceptors (Lipinski definition) is 7. The Balaban J connectivity index is 1.74. The molecule has 1 unspecified atom stereocenters. The van der Waals surface area contributed by atoms with Crippen molar-refractivity contribution >= 4 is 40.5 Å². The Morgan fingerprint density at radius 1 is 0.919 bits per heavy atom. The van der Waals surface area contributed by atoms with Gasteiger partial charge in [0.15, 0.2) is 0 Å². The SMILES string of the molecule is CCOC(=O)c1ccc2c(c1)NC(=O)/C2=C(\Nc1ccc(C(C)(N)C(=O)OCC)cc1)c1ccccc1. The molecule has 8 heteroatoms. The predicted molar refractivity (Wildman–Crippen MR) is 143 cm³/mol. The van der Waals surface area contributed by atoms with Gasteiger partial charge in [-0.3, -0.25) is 4.79 Å². The number of benzene rings is 3. The van der Waals surface area contributed by atoms with Crippen LogP contribution in [0.5, 0.6) is 0 Å². The summed E-state index contributed by atoms with van der Waals surface area (Å²) < 4.78 is 10.2. The number of carbonyl (C=O) groups is 3. The van der Waals surface area contributed by atoms with Crippen molar-refractivity contribution in [3.8, 4) is 0 Å². The summed E-state index contributed by atoms with van der Waals surface area (Å²) in [6.07, 6.45) is 0. The fraction of sp³-hybridized carbons (Fsp3) is 0.207. The molecular weight excluding hydrogens is 470 g/mol. The van der Waals surface area contributed by atoms with E-state index in [9.17, 15) is 14.4 Å². The second-order valence-electron chi connectivity index (χ2n) is 8.68. The van der Waals surface area contributed by atoms with E-state index in [2.05, 4.69) is 10.6 Å². The molecule has 190 valence electrons. The van der Waals surface area contributed by atoms with Gasteiger partial charge in [-0.2, -0.15) is 0 Å². The third kappa shape index (κ3) is 5.24. The highest BCUT2D eigenvalue weighted by Crippen LogP contribution is 2.38. The number of anilines is 2. The van der Waals surface area contributed by atoms with Crippen molar-refractivity contribution in [2.24, 2.45) is 5.73 Å². The maximum atomic E-state index is 13.2. The molecule has 0 saturated carbocycles. The van der Waals surface area contributed by atoms with Crippen LogP contribution in [0.1, 0.15) is 47.8 Å². The molecule has 0 spiro atoms. The summed E-state index contributed by atoms with van der Waals surface area (Å²) in [6, 6.07) is 21.6. The molecule has 1 atom stereocenters. The summed E-state index contributed by atoms with van der Waals surface area (Å²) >= 11 is 0. The molecule has 1 aliphatic heterocycles. The Labute approximate surface area is 215 Å². The van der Waals surface area contributed by atoms with E-state index in [-0.39, 0.29) is 19.1 Å². The Morgan fingerprint density at radius 2 is 1.59 bits per heavy atom. The van der Waals surface area contributed by atoms with Crippen LogP contribution in [0.15, 0.2) is 72.8 Å². The highest BCUT2D eigenvalue weighted by molar-refractivity contribution is 6.37. The predicted octanol–water partition coefficient (Wildman–Crippen LogP) is 4.53. The van der Waals surface area contributed by atoms with Gasteiger partial charge in [0.2, 0.25) is 0 Å². The van der Waals surface area contributed by atoms with E-state index in [4.69, 9.17) is 15.2 Å². The van der Waals surface area contributed by atoms with Crippen LogP contribution >= 0.6 is 0 Å². The molecule has 0 aliphatic carbocycles. The molecule has 4 N–H and O–H groups in total. The van der Waals surface area contributed by atoms with E-state index < -0.39 is 17.5 Å². The van der Waals surface area contributed by atoms with Crippen LogP contribution in [-0.2, 0) is 24.6 Å². The fourth-order valence-electron chi connectivity index (χ4n) is 4.09. The molecule has 1 aliphatic rings. The van der Waals surface area contributed by atoms with E-state index in [0.717, 1.165) is 5.56 Å². The van der Waals surface area contributed by atoms with Crippen molar-refractivity contribution in [1.82, 2.24) is 0 Å². The summed E-state index contributed by atoms with van der Waals surface area (Å²) in [5, 5.41) is 6.23. The molecule has 37 heavy (non-hydrogen) atoms. The fourth-order valence-corrected chi connectivity index (χ4v) is 4.09. The molecule has 0 radical (unpaired) electrons. The Hall–Kier alpha value is -4.43. The lowest BCUT2D eigenvalue weighted by molar-refractivity contribution is -0.149. The minimum absolute atomic E-state index is 0.240. The van der Waals surface area contributed by atoms with E-state index in [1.54, 1.807) is 63.2 Å². The number of ether oxygens (including phenoxy) is 2. The Kier molecular flexibility index (Phi) is 7.40. The third-order valence-corrected chi connectivity index (χ3v) is 6.04. The smallest absolute Gasteiger partial charge is 0.338 e. The maximum absolute atomic E-state index is 13.2. The minimum atomic E-state index is -1.30. The van der Waals surface area contributed by atoms with Crippen LogP contribution in [0.2, 0.25) is 0 Å². The van der Waals surface area contributed by atoms with E-state index in [1.807, 2.05) is 30.3 Å². The van der Waals surface area contributed by atoms with Gasteiger partial charge in [0.05, 0.1) is 35.7 Å². The molecular formula is C29H29N3O5. The van der Waals surface area contributed by atoms with Gasteiger partial charge in [-0.15, -0.1) is 0 Å². The van der Waals surface area contributed by atoms with Gasteiger partial charge >= 0.3 is 11.9 Å². The lowest BCUT2D eigenvalue weighted by Gasteiger charge is -2.23. The van der Waals surface area contributed by atoms with Crippen molar-refractivity contribution in [3.05, 3.63) is 95.1 Å². The van der Waals surface area contributed by atoms with Crippen LogP contribution in [0.4, 0.5) is 11.4 Å². The lowest BCUT2D eigenvalue weighted by Crippen LogP contribution is -2.43. The second kappa shape index (κ2) is 10.7. The van der Waals surface area contributed by atoms with Crippen molar-refractivity contribution in [2.45, 2.75) is 26.3 Å². The van der Waals surface area contributed by atoms with Gasteiger partial charge in [0.1, 0.15) is 5.54 Å². The molecule has 1 amide bonds. The first kappa shape index (κ1) is 25.7. The average molecular weight is 500 g/mol. The Bertz CT molecular complexity index is 1360. The van der Waals surface area contributed by atoms with Crippen LogP contribution in [-0.4, -0.2) is 31.1 Å². The van der Waals surface area contributed by atoms with Crippen LogP contribution in [0, 0.1) is 0 Å². The molecule has 0 aromatic heterocycles. The number of fused-ring (bicyclic) bond motifs is 1. The number of amides is 1. The van der Waals surface area contributed by atoms with Gasteiger partial charge in [-0.1, -0.05) is 48.5 Å². The molecule has 4 rings (SSSR count). The third-order valence-electron chi connectivity index (χ3n) is 6.04. The van der Waals surface area contributed by atoms with Crippen molar-refractivity contribution in [1.29, 1.82) is 0 Å². The number of hydrogen-bond donors (Lipinski definition) is 3. The zero-order valence-electron chi connectivity index (χ0n) is 21.0. The molecule has 3 aromatic rings. The number of nitrogens with two attached hydrogens (primary N) is 1.